The molecule has 1 atom stereocenters. The third-order valence-electron chi connectivity index (χ3n) is 4.97. The van der Waals surface area contributed by atoms with Crippen LogP contribution in [0, 0.1) is 6.92 Å². The van der Waals surface area contributed by atoms with Gasteiger partial charge in [0, 0.05) is 24.4 Å². The molecule has 1 aromatic carbocycles. The Morgan fingerprint density at radius 3 is 2.86 bits per heavy atom. The molecule has 0 saturated carbocycles. The highest BCUT2D eigenvalue weighted by atomic mass is 32.2. The highest BCUT2D eigenvalue weighted by Crippen LogP contribution is 2.25. The highest BCUT2D eigenvalue weighted by Gasteiger charge is 2.37. The summed E-state index contributed by atoms with van der Waals surface area (Å²) < 4.78 is 23.5. The summed E-state index contributed by atoms with van der Waals surface area (Å²) in [6.45, 7) is 1.93. The lowest BCUT2D eigenvalue weighted by atomic mass is 10.1. The van der Waals surface area contributed by atoms with Crippen molar-refractivity contribution in [3.63, 3.8) is 0 Å². The van der Waals surface area contributed by atoms with Gasteiger partial charge in [-0.25, -0.2) is 13.4 Å². The standard InChI is InChI=1S/C19H20N4O4S/c1-12-9-13-3-2-7-20-18(13)16(10-12)21-19(25)15-4-5-17(24)23(22-15)14-6-8-28(26,27)11-14/h2-3,7,9-10,14H,4-6,8,11H2,1H3,(H,21,25). The zero-order valence-corrected chi connectivity index (χ0v) is 16.2. The maximum absolute atomic E-state index is 12.8. The Labute approximate surface area is 162 Å². The van der Waals surface area contributed by atoms with Gasteiger partial charge < -0.3 is 5.32 Å². The SMILES string of the molecule is Cc1cc(NC(=O)C2=NN(C3CCS(=O)(=O)C3)C(=O)CC2)c2ncccc2c1. The fourth-order valence-corrected chi connectivity index (χ4v) is 5.31. The summed E-state index contributed by atoms with van der Waals surface area (Å²) in [7, 11) is -3.16. The molecule has 1 aromatic heterocycles. The molecule has 0 spiro atoms. The minimum atomic E-state index is -3.16. The lowest BCUT2D eigenvalue weighted by Crippen LogP contribution is -2.42. The van der Waals surface area contributed by atoms with Gasteiger partial charge in [0.1, 0.15) is 5.71 Å². The van der Waals surface area contributed by atoms with Gasteiger partial charge in [0.05, 0.1) is 28.8 Å². The van der Waals surface area contributed by atoms with E-state index in [1.807, 2.05) is 31.2 Å². The number of nitrogens with one attached hydrogen (secondary N) is 1. The van der Waals surface area contributed by atoms with Crippen molar-refractivity contribution in [3.8, 4) is 0 Å². The van der Waals surface area contributed by atoms with Gasteiger partial charge in [0.2, 0.25) is 5.91 Å². The molecular formula is C19H20N4O4S. The molecular weight excluding hydrogens is 380 g/mol. The molecule has 2 aliphatic heterocycles. The van der Waals surface area contributed by atoms with Crippen LogP contribution in [0.25, 0.3) is 10.9 Å². The number of carbonyl (C=O) groups is 2. The van der Waals surface area contributed by atoms with Crippen molar-refractivity contribution >= 4 is 44.0 Å². The van der Waals surface area contributed by atoms with Crippen LogP contribution in [-0.4, -0.2) is 53.5 Å². The molecule has 1 unspecified atom stereocenters. The van der Waals surface area contributed by atoms with E-state index in [-0.39, 0.29) is 36.0 Å². The number of fused-ring (bicyclic) bond motifs is 1. The van der Waals surface area contributed by atoms with E-state index >= 15 is 0 Å². The van der Waals surface area contributed by atoms with E-state index in [9.17, 15) is 18.0 Å². The smallest absolute Gasteiger partial charge is 0.271 e. The van der Waals surface area contributed by atoms with E-state index in [0.29, 0.717) is 17.6 Å². The first kappa shape index (κ1) is 18.5. The first-order valence-electron chi connectivity index (χ1n) is 9.09. The first-order chi connectivity index (χ1) is 13.3. The average molecular weight is 400 g/mol. The minimum Gasteiger partial charge on any atom is -0.319 e. The molecule has 0 aliphatic carbocycles. The van der Waals surface area contributed by atoms with E-state index in [0.717, 1.165) is 10.9 Å². The van der Waals surface area contributed by atoms with Gasteiger partial charge in [-0.15, -0.1) is 0 Å². The molecule has 2 amide bonds. The maximum atomic E-state index is 12.8. The fourth-order valence-electron chi connectivity index (χ4n) is 3.62. The van der Waals surface area contributed by atoms with Crippen molar-refractivity contribution in [2.75, 3.05) is 16.8 Å². The molecule has 1 N–H and O–H groups in total. The summed E-state index contributed by atoms with van der Waals surface area (Å²) >= 11 is 0. The quantitative estimate of drug-likeness (QED) is 0.843. The lowest BCUT2D eigenvalue weighted by molar-refractivity contribution is -0.133. The molecule has 2 aliphatic rings. The zero-order valence-electron chi connectivity index (χ0n) is 15.4. The Morgan fingerprint density at radius 2 is 2.11 bits per heavy atom. The second-order valence-electron chi connectivity index (χ2n) is 7.18. The Hall–Kier alpha value is -2.81. The van der Waals surface area contributed by atoms with Gasteiger partial charge in [0.25, 0.3) is 5.91 Å². The zero-order chi connectivity index (χ0) is 19.9. The van der Waals surface area contributed by atoms with Gasteiger partial charge in [-0.1, -0.05) is 6.07 Å². The van der Waals surface area contributed by atoms with E-state index in [4.69, 9.17) is 0 Å². The first-order valence-corrected chi connectivity index (χ1v) is 10.9. The number of rotatable bonds is 3. The van der Waals surface area contributed by atoms with Gasteiger partial charge >= 0.3 is 0 Å². The van der Waals surface area contributed by atoms with Crippen LogP contribution < -0.4 is 5.32 Å². The molecule has 4 rings (SSSR count). The van der Waals surface area contributed by atoms with Crippen LogP contribution in [0.1, 0.15) is 24.8 Å². The van der Waals surface area contributed by atoms with Crippen LogP contribution in [-0.2, 0) is 19.4 Å². The summed E-state index contributed by atoms with van der Waals surface area (Å²) in [5.74, 6) is -0.722. The molecule has 146 valence electrons. The number of hydrogen-bond donors (Lipinski definition) is 1. The molecule has 3 heterocycles. The van der Waals surface area contributed by atoms with Crippen molar-refractivity contribution in [1.82, 2.24) is 9.99 Å². The van der Waals surface area contributed by atoms with Crippen molar-refractivity contribution in [2.24, 2.45) is 5.10 Å². The molecule has 0 bridgehead atoms. The monoisotopic (exact) mass is 400 g/mol. The Balaban J connectivity index is 1.60. The third kappa shape index (κ3) is 3.62. The minimum absolute atomic E-state index is 0.0411. The number of nitrogens with zero attached hydrogens (tertiary/aromatic N) is 3. The largest absolute Gasteiger partial charge is 0.319 e. The highest BCUT2D eigenvalue weighted by molar-refractivity contribution is 7.91. The Morgan fingerprint density at radius 1 is 1.29 bits per heavy atom. The topological polar surface area (TPSA) is 109 Å². The van der Waals surface area contributed by atoms with E-state index < -0.39 is 21.8 Å². The fraction of sp³-hybridized carbons (Fsp3) is 0.368. The lowest BCUT2D eigenvalue weighted by Gasteiger charge is -2.27. The van der Waals surface area contributed by atoms with Gasteiger partial charge in [-0.05, 0) is 37.1 Å². The number of sulfone groups is 1. The second kappa shape index (κ2) is 6.97. The number of benzene rings is 1. The summed E-state index contributed by atoms with van der Waals surface area (Å²) in [5, 5.41) is 9.17. The van der Waals surface area contributed by atoms with Gasteiger partial charge in [-0.2, -0.15) is 5.10 Å². The Bertz CT molecular complexity index is 1110. The van der Waals surface area contributed by atoms with Crippen LogP contribution in [0.4, 0.5) is 5.69 Å². The predicted molar refractivity (Wildman–Crippen MR) is 106 cm³/mol. The van der Waals surface area contributed by atoms with Crippen molar-refractivity contribution in [1.29, 1.82) is 0 Å². The van der Waals surface area contributed by atoms with Crippen LogP contribution in [0.5, 0.6) is 0 Å². The van der Waals surface area contributed by atoms with Crippen molar-refractivity contribution < 1.29 is 18.0 Å². The van der Waals surface area contributed by atoms with Crippen molar-refractivity contribution in [2.45, 2.75) is 32.2 Å². The second-order valence-corrected chi connectivity index (χ2v) is 9.41. The Kier molecular flexibility index (Phi) is 4.62. The van der Waals surface area contributed by atoms with E-state index in [1.54, 1.807) is 6.20 Å². The molecule has 1 fully saturated rings. The summed E-state index contributed by atoms with van der Waals surface area (Å²) in [6.07, 6.45) is 2.36. The molecule has 9 heteroatoms. The number of hydrazone groups is 1. The molecule has 8 nitrogen and oxygen atoms in total. The summed E-state index contributed by atoms with van der Waals surface area (Å²) in [5.41, 5.74) is 2.45. The van der Waals surface area contributed by atoms with Crippen molar-refractivity contribution in [3.05, 3.63) is 36.0 Å². The number of aryl methyl sites for hydroxylation is 1. The number of hydrogen-bond acceptors (Lipinski definition) is 6. The van der Waals surface area contributed by atoms with Crippen LogP contribution in [0.2, 0.25) is 0 Å². The molecule has 28 heavy (non-hydrogen) atoms. The number of pyridine rings is 1. The number of anilines is 1. The van der Waals surface area contributed by atoms with E-state index in [1.165, 1.54) is 5.01 Å². The van der Waals surface area contributed by atoms with Crippen LogP contribution >= 0.6 is 0 Å². The van der Waals surface area contributed by atoms with Gasteiger partial charge in [0.15, 0.2) is 9.84 Å². The third-order valence-corrected chi connectivity index (χ3v) is 6.72. The molecule has 2 aromatic rings. The molecule has 1 saturated heterocycles. The van der Waals surface area contributed by atoms with Crippen LogP contribution in [0.3, 0.4) is 0 Å². The average Bonchev–Trinajstić information content (AvgIpc) is 3.01. The normalized spacial score (nSPS) is 21.6. The number of carbonyl (C=O) groups excluding carboxylic acids is 2. The van der Waals surface area contributed by atoms with Crippen LogP contribution in [0.15, 0.2) is 35.6 Å². The maximum Gasteiger partial charge on any atom is 0.271 e. The van der Waals surface area contributed by atoms with Gasteiger partial charge in [-0.3, -0.25) is 14.6 Å². The summed E-state index contributed by atoms with van der Waals surface area (Å²) in [4.78, 5) is 29.4. The summed E-state index contributed by atoms with van der Waals surface area (Å²) in [6, 6.07) is 7.07. The number of aromatic nitrogens is 1. The van der Waals surface area contributed by atoms with E-state index in [2.05, 4.69) is 15.4 Å². The predicted octanol–water partition coefficient (Wildman–Crippen LogP) is 1.65. The molecule has 0 radical (unpaired) electrons. The number of amides is 2.